The van der Waals surface area contributed by atoms with Crippen LogP contribution in [0.25, 0.3) is 0 Å². The minimum Gasteiger partial charge on any atom is -0.384 e. The van der Waals surface area contributed by atoms with Crippen LogP contribution in [-0.2, 0) is 0 Å². The molecule has 0 aliphatic carbocycles. The van der Waals surface area contributed by atoms with E-state index < -0.39 is 0 Å². The quantitative estimate of drug-likeness (QED) is 0.901. The van der Waals surface area contributed by atoms with E-state index in [1.165, 1.54) is 5.69 Å². The van der Waals surface area contributed by atoms with E-state index in [0.29, 0.717) is 11.8 Å². The van der Waals surface area contributed by atoms with Crippen LogP contribution in [0.4, 0.5) is 23.1 Å². The molecule has 1 fully saturated rings. The van der Waals surface area contributed by atoms with Gasteiger partial charge in [-0.05, 0) is 37.4 Å². The number of nitrogen functional groups attached to an aromatic ring is 1. The summed E-state index contributed by atoms with van der Waals surface area (Å²) in [5, 5.41) is 3.15. The van der Waals surface area contributed by atoms with Gasteiger partial charge in [-0.15, -0.1) is 12.4 Å². The van der Waals surface area contributed by atoms with E-state index >= 15 is 0 Å². The lowest BCUT2D eigenvalue weighted by Crippen LogP contribution is -2.44. The van der Waals surface area contributed by atoms with Crippen molar-refractivity contribution < 1.29 is 0 Å². The molecular weight excluding hydrogens is 300 g/mol. The van der Waals surface area contributed by atoms with Crippen LogP contribution in [-0.4, -0.2) is 48.1 Å². The average Bonchev–Trinajstić information content (AvgIpc) is 2.49. The molecule has 0 unspecified atom stereocenters. The van der Waals surface area contributed by atoms with E-state index in [9.17, 15) is 0 Å². The lowest BCUT2D eigenvalue weighted by atomic mass is 10.2. The van der Waals surface area contributed by atoms with Gasteiger partial charge in [0.15, 0.2) is 0 Å². The van der Waals surface area contributed by atoms with Crippen LogP contribution in [0.3, 0.4) is 0 Å². The van der Waals surface area contributed by atoms with Crippen molar-refractivity contribution in [1.29, 1.82) is 0 Å². The minimum absolute atomic E-state index is 0. The Hall–Kier alpha value is -2.05. The van der Waals surface area contributed by atoms with Crippen molar-refractivity contribution in [2.75, 3.05) is 49.2 Å². The third kappa shape index (κ3) is 3.99. The number of nitrogens with one attached hydrogen (secondary N) is 1. The molecule has 118 valence electrons. The highest BCUT2D eigenvalue weighted by atomic mass is 35.5. The molecule has 1 aromatic carbocycles. The summed E-state index contributed by atoms with van der Waals surface area (Å²) in [6.07, 6.45) is 1.64. The van der Waals surface area contributed by atoms with Crippen molar-refractivity contribution in [2.45, 2.75) is 0 Å². The van der Waals surface area contributed by atoms with E-state index in [0.717, 1.165) is 31.9 Å². The molecule has 1 saturated heterocycles. The molecular formula is C15H21ClN6. The van der Waals surface area contributed by atoms with Gasteiger partial charge in [0.1, 0.15) is 5.82 Å². The molecule has 3 rings (SSSR count). The number of nitrogens with zero attached hydrogens (tertiary/aromatic N) is 4. The Morgan fingerprint density at radius 2 is 1.73 bits per heavy atom. The van der Waals surface area contributed by atoms with Crippen molar-refractivity contribution >= 4 is 35.5 Å². The zero-order valence-electron chi connectivity index (χ0n) is 12.6. The number of nitrogens with two attached hydrogens (primary N) is 1. The second-order valence-electron chi connectivity index (χ2n) is 5.27. The van der Waals surface area contributed by atoms with Crippen molar-refractivity contribution in [3.8, 4) is 0 Å². The Morgan fingerprint density at radius 3 is 2.36 bits per heavy atom. The summed E-state index contributed by atoms with van der Waals surface area (Å²) < 4.78 is 0. The summed E-state index contributed by atoms with van der Waals surface area (Å²) in [5.41, 5.74) is 7.85. The normalized spacial score (nSPS) is 15.2. The number of piperazine rings is 1. The fraction of sp³-hybridized carbons (Fsp3) is 0.333. The first-order valence-electron chi connectivity index (χ1n) is 7.10. The van der Waals surface area contributed by atoms with Crippen LogP contribution >= 0.6 is 12.4 Å². The topological polar surface area (TPSA) is 70.3 Å². The lowest BCUT2D eigenvalue weighted by Gasteiger charge is -2.34. The standard InChI is InChI=1S/C15H20N6.ClH/c1-20-8-10-21(11-9-20)13-4-2-12(3-5-13)18-15-17-7-6-14(16)19-15;/h2-7H,8-11H2,1H3,(H3,16,17,18,19);1H. The predicted octanol–water partition coefficient (Wildman–Crippen LogP) is 1.98. The monoisotopic (exact) mass is 320 g/mol. The van der Waals surface area contributed by atoms with Crippen LogP contribution in [0, 0.1) is 0 Å². The molecule has 2 aromatic rings. The van der Waals surface area contributed by atoms with E-state index in [2.05, 4.69) is 44.3 Å². The summed E-state index contributed by atoms with van der Waals surface area (Å²) in [7, 11) is 2.16. The molecule has 2 heterocycles. The summed E-state index contributed by atoms with van der Waals surface area (Å²) in [6, 6.07) is 10.0. The maximum Gasteiger partial charge on any atom is 0.229 e. The summed E-state index contributed by atoms with van der Waals surface area (Å²) >= 11 is 0. The molecule has 0 atom stereocenters. The first kappa shape index (κ1) is 16.3. The Balaban J connectivity index is 0.00000176. The van der Waals surface area contributed by atoms with Gasteiger partial charge in [0.2, 0.25) is 5.95 Å². The Morgan fingerprint density at radius 1 is 1.05 bits per heavy atom. The number of halogens is 1. The van der Waals surface area contributed by atoms with E-state index in [-0.39, 0.29) is 12.4 Å². The molecule has 0 bridgehead atoms. The fourth-order valence-electron chi connectivity index (χ4n) is 2.38. The molecule has 0 radical (unpaired) electrons. The molecule has 1 aromatic heterocycles. The third-order valence-corrected chi connectivity index (χ3v) is 3.67. The maximum atomic E-state index is 5.64. The number of hydrogen-bond acceptors (Lipinski definition) is 6. The number of aromatic nitrogens is 2. The molecule has 1 aliphatic rings. The second-order valence-corrected chi connectivity index (χ2v) is 5.27. The van der Waals surface area contributed by atoms with Gasteiger partial charge in [-0.25, -0.2) is 4.98 Å². The Kier molecular flexibility index (Phi) is 5.41. The highest BCUT2D eigenvalue weighted by Crippen LogP contribution is 2.20. The van der Waals surface area contributed by atoms with Gasteiger partial charge in [-0.2, -0.15) is 4.98 Å². The van der Waals surface area contributed by atoms with Crippen LogP contribution < -0.4 is 16.0 Å². The first-order valence-corrected chi connectivity index (χ1v) is 7.10. The van der Waals surface area contributed by atoms with Gasteiger partial charge < -0.3 is 20.9 Å². The van der Waals surface area contributed by atoms with Gasteiger partial charge in [0.05, 0.1) is 0 Å². The second kappa shape index (κ2) is 7.29. The van der Waals surface area contributed by atoms with Crippen LogP contribution in [0.2, 0.25) is 0 Å². The summed E-state index contributed by atoms with van der Waals surface area (Å²) in [6.45, 7) is 4.36. The van der Waals surface area contributed by atoms with Crippen LogP contribution in [0.5, 0.6) is 0 Å². The number of benzene rings is 1. The van der Waals surface area contributed by atoms with Crippen LogP contribution in [0.1, 0.15) is 0 Å². The Bertz CT molecular complexity index is 595. The number of rotatable bonds is 3. The molecule has 3 N–H and O–H groups in total. The van der Waals surface area contributed by atoms with Crippen molar-refractivity contribution in [1.82, 2.24) is 14.9 Å². The van der Waals surface area contributed by atoms with E-state index in [1.54, 1.807) is 12.3 Å². The molecule has 0 saturated carbocycles. The SMILES string of the molecule is CN1CCN(c2ccc(Nc3nccc(N)n3)cc2)CC1.Cl. The minimum atomic E-state index is 0. The predicted molar refractivity (Wildman–Crippen MR) is 93.1 cm³/mol. The number of likely N-dealkylation sites (N-methyl/N-ethyl adjacent to an activating group) is 1. The van der Waals surface area contributed by atoms with Crippen molar-refractivity contribution in [3.05, 3.63) is 36.5 Å². The van der Waals surface area contributed by atoms with Crippen LogP contribution in [0.15, 0.2) is 36.5 Å². The molecule has 6 nitrogen and oxygen atoms in total. The number of anilines is 4. The first-order chi connectivity index (χ1) is 10.2. The highest BCUT2D eigenvalue weighted by Gasteiger charge is 2.13. The van der Waals surface area contributed by atoms with Gasteiger partial charge in [0, 0.05) is 43.8 Å². The number of hydrogen-bond donors (Lipinski definition) is 2. The largest absolute Gasteiger partial charge is 0.384 e. The van der Waals surface area contributed by atoms with Gasteiger partial charge in [-0.3, -0.25) is 0 Å². The zero-order valence-corrected chi connectivity index (χ0v) is 13.4. The van der Waals surface area contributed by atoms with E-state index in [1.807, 2.05) is 12.1 Å². The summed E-state index contributed by atoms with van der Waals surface area (Å²) in [5.74, 6) is 0.976. The fourth-order valence-corrected chi connectivity index (χ4v) is 2.38. The highest BCUT2D eigenvalue weighted by molar-refractivity contribution is 5.85. The molecule has 1 aliphatic heterocycles. The molecule has 0 amide bonds. The summed E-state index contributed by atoms with van der Waals surface area (Å²) in [4.78, 5) is 13.0. The lowest BCUT2D eigenvalue weighted by molar-refractivity contribution is 0.313. The van der Waals surface area contributed by atoms with Crippen molar-refractivity contribution in [2.24, 2.45) is 0 Å². The zero-order chi connectivity index (χ0) is 14.7. The van der Waals surface area contributed by atoms with Crippen molar-refractivity contribution in [3.63, 3.8) is 0 Å². The molecule has 22 heavy (non-hydrogen) atoms. The molecule has 0 spiro atoms. The van der Waals surface area contributed by atoms with E-state index in [4.69, 9.17) is 5.73 Å². The van der Waals surface area contributed by atoms with Gasteiger partial charge >= 0.3 is 0 Å². The maximum absolute atomic E-state index is 5.64. The Labute approximate surface area is 136 Å². The average molecular weight is 321 g/mol. The van der Waals surface area contributed by atoms with Gasteiger partial charge in [0.25, 0.3) is 0 Å². The smallest absolute Gasteiger partial charge is 0.229 e. The third-order valence-electron chi connectivity index (χ3n) is 3.67. The van der Waals surface area contributed by atoms with Gasteiger partial charge in [-0.1, -0.05) is 0 Å². The molecule has 7 heteroatoms.